The van der Waals surface area contributed by atoms with Crippen LogP contribution in [-0.2, 0) is 21.3 Å². The van der Waals surface area contributed by atoms with Crippen LogP contribution in [0.3, 0.4) is 0 Å². The number of rotatable bonds is 1. The third kappa shape index (κ3) is 3.88. The fraction of sp³-hybridized carbons (Fsp3) is 0.400. The molecule has 0 aromatic rings. The Kier molecular flexibility index (Phi) is 6.46. The average Bonchev–Trinajstić information content (AvgIpc) is 1.65. The Hall–Kier alpha value is -0.296. The van der Waals surface area contributed by atoms with Crippen molar-refractivity contribution >= 4 is 5.97 Å². The van der Waals surface area contributed by atoms with Crippen molar-refractivity contribution in [2.24, 2.45) is 0 Å². The normalized spacial score (nSPS) is 10.0. The van der Waals surface area contributed by atoms with Gasteiger partial charge < -0.3 is 5.11 Å². The van der Waals surface area contributed by atoms with E-state index in [1.807, 2.05) is 0 Å². The van der Waals surface area contributed by atoms with Gasteiger partial charge in [-0.15, -0.1) is 0 Å². The average molecular weight is 159 g/mol. The molecule has 0 spiro atoms. The van der Waals surface area contributed by atoms with Gasteiger partial charge in [-0.1, -0.05) is 6.08 Å². The zero-order valence-corrected chi connectivity index (χ0v) is 5.74. The molecular formula is C5H8NiO2. The summed E-state index contributed by atoms with van der Waals surface area (Å²) >= 11 is 0. The smallest absolute Gasteiger partial charge is 0.330 e. The molecule has 3 heteroatoms. The third-order valence-corrected chi connectivity index (χ3v) is 0.770. The van der Waals surface area contributed by atoms with E-state index < -0.39 is 5.97 Å². The Morgan fingerprint density at radius 2 is 2.00 bits per heavy atom. The van der Waals surface area contributed by atoms with Crippen LogP contribution in [0.5, 0.6) is 0 Å². The van der Waals surface area contributed by atoms with Gasteiger partial charge in [0.05, 0.1) is 0 Å². The molecule has 0 saturated heterocycles. The van der Waals surface area contributed by atoms with Gasteiger partial charge >= 0.3 is 5.97 Å². The van der Waals surface area contributed by atoms with Crippen LogP contribution in [-0.4, -0.2) is 11.1 Å². The van der Waals surface area contributed by atoms with Crippen molar-refractivity contribution < 1.29 is 26.4 Å². The van der Waals surface area contributed by atoms with E-state index in [4.69, 9.17) is 5.11 Å². The van der Waals surface area contributed by atoms with Gasteiger partial charge in [-0.25, -0.2) is 4.79 Å². The minimum Gasteiger partial charge on any atom is -0.478 e. The van der Waals surface area contributed by atoms with Gasteiger partial charge in [0.2, 0.25) is 0 Å². The Morgan fingerprint density at radius 1 is 1.62 bits per heavy atom. The molecule has 0 atom stereocenters. The van der Waals surface area contributed by atoms with Crippen LogP contribution in [0.1, 0.15) is 13.8 Å². The molecule has 0 aromatic heterocycles. The Labute approximate surface area is 58.5 Å². The van der Waals surface area contributed by atoms with Crippen LogP contribution in [0.25, 0.3) is 0 Å². The second-order valence-corrected chi connectivity index (χ2v) is 1.28. The van der Waals surface area contributed by atoms with Crippen LogP contribution >= 0.6 is 0 Å². The Morgan fingerprint density at radius 3 is 2.00 bits per heavy atom. The molecule has 0 unspecified atom stereocenters. The van der Waals surface area contributed by atoms with Crippen molar-refractivity contribution in [2.45, 2.75) is 13.8 Å². The topological polar surface area (TPSA) is 37.3 Å². The molecule has 1 N–H and O–H groups in total. The fourth-order valence-corrected chi connectivity index (χ4v) is 0.123. The summed E-state index contributed by atoms with van der Waals surface area (Å²) in [5, 5.41) is 8.11. The predicted molar refractivity (Wildman–Crippen MR) is 27.1 cm³/mol. The van der Waals surface area contributed by atoms with Gasteiger partial charge in [0.25, 0.3) is 0 Å². The summed E-state index contributed by atoms with van der Waals surface area (Å²) in [6.07, 6.45) is 1.56. The molecule has 0 amide bonds. The van der Waals surface area contributed by atoms with E-state index in [1.165, 1.54) is 0 Å². The van der Waals surface area contributed by atoms with Crippen LogP contribution in [0.2, 0.25) is 0 Å². The Bertz CT molecular complexity index is 107. The summed E-state index contributed by atoms with van der Waals surface area (Å²) < 4.78 is 0. The minimum absolute atomic E-state index is 0. The summed E-state index contributed by atoms with van der Waals surface area (Å²) in [7, 11) is 0. The number of allylic oxidation sites excluding steroid dienone is 1. The number of hydrogen-bond donors (Lipinski definition) is 1. The van der Waals surface area contributed by atoms with Crippen molar-refractivity contribution in [3.8, 4) is 0 Å². The van der Waals surface area contributed by atoms with Gasteiger partial charge in [0, 0.05) is 22.1 Å². The molecule has 0 rings (SSSR count). The minimum atomic E-state index is -0.845. The van der Waals surface area contributed by atoms with Crippen LogP contribution in [0.4, 0.5) is 0 Å². The van der Waals surface area contributed by atoms with Crippen LogP contribution in [0.15, 0.2) is 11.6 Å². The second kappa shape index (κ2) is 4.85. The van der Waals surface area contributed by atoms with Crippen molar-refractivity contribution in [3.05, 3.63) is 11.6 Å². The summed E-state index contributed by atoms with van der Waals surface area (Å²) in [6.45, 7) is 3.26. The zero-order valence-electron chi connectivity index (χ0n) is 4.75. The monoisotopic (exact) mass is 158 g/mol. The first-order chi connectivity index (χ1) is 3.18. The first-order valence-corrected chi connectivity index (χ1v) is 2.04. The SMILES string of the molecule is CC=C(C)C(=O)O.[Ni]. The molecule has 2 nitrogen and oxygen atoms in total. The van der Waals surface area contributed by atoms with E-state index in [2.05, 4.69) is 0 Å². The number of hydrogen-bond acceptors (Lipinski definition) is 1. The molecule has 0 radical (unpaired) electrons. The predicted octanol–water partition coefficient (Wildman–Crippen LogP) is 1.03. The maximum Gasteiger partial charge on any atom is 0.330 e. The first-order valence-electron chi connectivity index (χ1n) is 2.04. The second-order valence-electron chi connectivity index (χ2n) is 1.28. The molecule has 0 aromatic carbocycles. The van der Waals surface area contributed by atoms with Crippen molar-refractivity contribution in [2.75, 3.05) is 0 Å². The summed E-state index contributed by atoms with van der Waals surface area (Å²) in [4.78, 5) is 9.86. The maximum absolute atomic E-state index is 9.86. The van der Waals surface area contributed by atoms with E-state index in [0.717, 1.165) is 0 Å². The molecule has 0 fully saturated rings. The van der Waals surface area contributed by atoms with Crippen molar-refractivity contribution in [1.29, 1.82) is 0 Å². The first kappa shape index (κ1) is 10.6. The number of carboxylic acids is 1. The molecular weight excluding hydrogens is 151 g/mol. The van der Waals surface area contributed by atoms with Gasteiger partial charge in [-0.2, -0.15) is 0 Å². The quantitative estimate of drug-likeness (QED) is 0.458. The third-order valence-electron chi connectivity index (χ3n) is 0.770. The maximum atomic E-state index is 9.86. The summed E-state index contributed by atoms with van der Waals surface area (Å²) in [5.74, 6) is -0.845. The van der Waals surface area contributed by atoms with Gasteiger partial charge in [0.1, 0.15) is 0 Å². The molecule has 0 heterocycles. The summed E-state index contributed by atoms with van der Waals surface area (Å²) in [5.41, 5.74) is 0.389. The van der Waals surface area contributed by atoms with E-state index in [1.54, 1.807) is 19.9 Å². The van der Waals surface area contributed by atoms with E-state index >= 15 is 0 Å². The van der Waals surface area contributed by atoms with Gasteiger partial charge in [-0.3, -0.25) is 0 Å². The van der Waals surface area contributed by atoms with Crippen molar-refractivity contribution in [3.63, 3.8) is 0 Å². The van der Waals surface area contributed by atoms with E-state index in [9.17, 15) is 4.79 Å². The summed E-state index contributed by atoms with van der Waals surface area (Å²) in [6, 6.07) is 0. The molecule has 0 saturated carbocycles. The Balaban J connectivity index is 0. The number of aliphatic carboxylic acids is 1. The molecule has 0 bridgehead atoms. The molecule has 0 aliphatic rings. The standard InChI is InChI=1S/C5H8O2.Ni/c1-3-4(2)5(6)7;/h3H,1-2H3,(H,6,7);. The van der Waals surface area contributed by atoms with Gasteiger partial charge in [-0.05, 0) is 13.8 Å². The van der Waals surface area contributed by atoms with Crippen LogP contribution in [0, 0.1) is 0 Å². The number of carboxylic acid groups (broad SMARTS) is 1. The van der Waals surface area contributed by atoms with E-state index in [-0.39, 0.29) is 16.5 Å². The van der Waals surface area contributed by atoms with Gasteiger partial charge in [0.15, 0.2) is 0 Å². The fourth-order valence-electron chi connectivity index (χ4n) is 0.123. The van der Waals surface area contributed by atoms with Crippen molar-refractivity contribution in [1.82, 2.24) is 0 Å². The molecule has 0 aliphatic carbocycles. The molecule has 0 aliphatic heterocycles. The largest absolute Gasteiger partial charge is 0.478 e. The molecule has 50 valence electrons. The van der Waals surface area contributed by atoms with E-state index in [0.29, 0.717) is 5.57 Å². The van der Waals surface area contributed by atoms with Crippen LogP contribution < -0.4 is 0 Å². The number of carbonyl (C=O) groups is 1. The zero-order chi connectivity index (χ0) is 5.86. The molecule has 8 heavy (non-hydrogen) atoms.